The molecule has 2 aromatic heterocycles. The zero-order valence-corrected chi connectivity index (χ0v) is 10.3. The summed E-state index contributed by atoms with van der Waals surface area (Å²) in [6, 6.07) is 0.439. The number of nitrogens with one attached hydrogen (secondary N) is 2. The average molecular weight is 247 g/mol. The average Bonchev–Trinajstić information content (AvgIpc) is 2.80. The monoisotopic (exact) mass is 247 g/mol. The number of rotatable bonds is 2. The van der Waals surface area contributed by atoms with Gasteiger partial charge >= 0.3 is 0 Å². The Morgan fingerprint density at radius 3 is 2.94 bits per heavy atom. The van der Waals surface area contributed by atoms with E-state index in [2.05, 4.69) is 37.4 Å². The van der Waals surface area contributed by atoms with E-state index in [0.717, 1.165) is 37.1 Å². The number of nitrogen functional groups attached to an aromatic ring is 1. The minimum Gasteiger partial charge on any atom is -0.368 e. The quantitative estimate of drug-likeness (QED) is 0.712. The molecule has 0 amide bonds. The molecule has 7 nitrogen and oxygen atoms in total. The minimum absolute atomic E-state index is 0.266. The highest BCUT2D eigenvalue weighted by Gasteiger charge is 2.18. The summed E-state index contributed by atoms with van der Waals surface area (Å²) < 4.78 is 0. The number of nitrogens with two attached hydrogens (primary N) is 1. The molecule has 2 aromatic rings. The Balaban J connectivity index is 1.83. The van der Waals surface area contributed by atoms with Crippen molar-refractivity contribution in [3.05, 3.63) is 6.20 Å². The van der Waals surface area contributed by atoms with Crippen LogP contribution in [0.3, 0.4) is 0 Å². The third kappa shape index (κ3) is 2.08. The zero-order valence-electron chi connectivity index (χ0n) is 10.3. The minimum atomic E-state index is 0.266. The van der Waals surface area contributed by atoms with E-state index in [1.54, 1.807) is 6.20 Å². The lowest BCUT2D eigenvalue weighted by molar-refractivity contribution is 0.264. The van der Waals surface area contributed by atoms with Crippen molar-refractivity contribution in [1.82, 2.24) is 25.1 Å². The largest absolute Gasteiger partial charge is 0.368 e. The first-order chi connectivity index (χ1) is 8.72. The van der Waals surface area contributed by atoms with Crippen molar-refractivity contribution in [1.29, 1.82) is 0 Å². The second-order valence-electron chi connectivity index (χ2n) is 4.78. The highest BCUT2D eigenvalue weighted by Crippen LogP contribution is 2.22. The van der Waals surface area contributed by atoms with Gasteiger partial charge in [-0.25, -0.2) is 0 Å². The molecule has 0 spiro atoms. The van der Waals surface area contributed by atoms with Crippen molar-refractivity contribution < 1.29 is 0 Å². The number of nitrogens with zero attached hydrogens (tertiary/aromatic N) is 4. The van der Waals surface area contributed by atoms with Crippen LogP contribution < -0.4 is 11.1 Å². The van der Waals surface area contributed by atoms with Crippen LogP contribution in [0.25, 0.3) is 11.0 Å². The molecule has 1 saturated heterocycles. The van der Waals surface area contributed by atoms with E-state index < -0.39 is 0 Å². The van der Waals surface area contributed by atoms with Gasteiger partial charge in [0.15, 0.2) is 5.65 Å². The highest BCUT2D eigenvalue weighted by atomic mass is 15.2. The third-order valence-electron chi connectivity index (χ3n) is 3.39. The summed E-state index contributed by atoms with van der Waals surface area (Å²) in [5.74, 6) is 1.04. The van der Waals surface area contributed by atoms with Gasteiger partial charge in [-0.1, -0.05) is 0 Å². The first kappa shape index (κ1) is 11.2. The van der Waals surface area contributed by atoms with Gasteiger partial charge in [-0.05, 0) is 33.0 Å². The molecule has 0 saturated carbocycles. The van der Waals surface area contributed by atoms with Crippen LogP contribution in [0.2, 0.25) is 0 Å². The molecule has 18 heavy (non-hydrogen) atoms. The van der Waals surface area contributed by atoms with E-state index >= 15 is 0 Å². The van der Waals surface area contributed by atoms with Gasteiger partial charge in [0.25, 0.3) is 0 Å². The molecular formula is C11H17N7. The van der Waals surface area contributed by atoms with Crippen LogP contribution in [0.15, 0.2) is 6.20 Å². The van der Waals surface area contributed by atoms with E-state index in [9.17, 15) is 0 Å². The fourth-order valence-electron chi connectivity index (χ4n) is 2.31. The number of hydrogen-bond acceptors (Lipinski definition) is 6. The number of piperidine rings is 1. The zero-order chi connectivity index (χ0) is 12.5. The Hall–Kier alpha value is -1.89. The summed E-state index contributed by atoms with van der Waals surface area (Å²) in [4.78, 5) is 10.7. The highest BCUT2D eigenvalue weighted by molar-refractivity contribution is 5.86. The first-order valence-corrected chi connectivity index (χ1v) is 6.14. The van der Waals surface area contributed by atoms with Crippen molar-refractivity contribution in [3.8, 4) is 0 Å². The summed E-state index contributed by atoms with van der Waals surface area (Å²) in [5, 5.41) is 11.1. The maximum atomic E-state index is 5.69. The second-order valence-corrected chi connectivity index (χ2v) is 4.78. The van der Waals surface area contributed by atoms with E-state index in [0.29, 0.717) is 11.7 Å². The maximum absolute atomic E-state index is 5.69. The number of hydrogen-bond donors (Lipinski definition) is 3. The van der Waals surface area contributed by atoms with Crippen LogP contribution in [0.4, 0.5) is 11.8 Å². The summed E-state index contributed by atoms with van der Waals surface area (Å²) in [6.07, 6.45) is 3.95. The molecule has 1 aliphatic heterocycles. The molecular weight excluding hydrogens is 230 g/mol. The lowest BCUT2D eigenvalue weighted by Gasteiger charge is -2.29. The van der Waals surface area contributed by atoms with Crippen molar-refractivity contribution in [3.63, 3.8) is 0 Å². The van der Waals surface area contributed by atoms with Crippen LogP contribution in [-0.4, -0.2) is 51.2 Å². The number of H-pyrrole nitrogens is 1. The number of aromatic nitrogens is 4. The van der Waals surface area contributed by atoms with Crippen LogP contribution in [0, 0.1) is 0 Å². The lowest BCUT2D eigenvalue weighted by atomic mass is 10.1. The molecule has 0 aliphatic carbocycles. The molecule has 96 valence electrons. The molecule has 0 aromatic carbocycles. The number of fused-ring (bicyclic) bond motifs is 1. The Kier molecular flexibility index (Phi) is 2.75. The smallest absolute Gasteiger partial charge is 0.224 e. The van der Waals surface area contributed by atoms with E-state index in [1.807, 2.05) is 0 Å². The number of anilines is 2. The normalized spacial score (nSPS) is 18.3. The van der Waals surface area contributed by atoms with Crippen molar-refractivity contribution in [2.24, 2.45) is 0 Å². The maximum Gasteiger partial charge on any atom is 0.224 e. The van der Waals surface area contributed by atoms with Crippen LogP contribution >= 0.6 is 0 Å². The molecule has 3 heterocycles. The molecule has 0 atom stereocenters. The lowest BCUT2D eigenvalue weighted by Crippen LogP contribution is -2.36. The molecule has 7 heteroatoms. The summed E-state index contributed by atoms with van der Waals surface area (Å²) in [5.41, 5.74) is 6.37. The molecule has 3 rings (SSSR count). The van der Waals surface area contributed by atoms with Crippen LogP contribution in [0.1, 0.15) is 12.8 Å². The molecule has 0 radical (unpaired) electrons. The molecule has 1 fully saturated rings. The number of likely N-dealkylation sites (tertiary alicyclic amines) is 1. The SMILES string of the molecule is CN1CCC(Nc2nc(N)nc3[nH]ncc23)CC1. The van der Waals surface area contributed by atoms with E-state index in [4.69, 9.17) is 5.73 Å². The van der Waals surface area contributed by atoms with Crippen molar-refractivity contribution in [2.75, 3.05) is 31.2 Å². The Bertz CT molecular complexity index is 541. The predicted molar refractivity (Wildman–Crippen MR) is 70.2 cm³/mol. The number of aromatic amines is 1. The Morgan fingerprint density at radius 1 is 1.39 bits per heavy atom. The van der Waals surface area contributed by atoms with Gasteiger partial charge in [-0.3, -0.25) is 5.10 Å². The van der Waals surface area contributed by atoms with Gasteiger partial charge in [-0.15, -0.1) is 0 Å². The summed E-state index contributed by atoms with van der Waals surface area (Å²) in [7, 11) is 2.15. The Morgan fingerprint density at radius 2 is 2.17 bits per heavy atom. The Labute approximate surface area is 105 Å². The van der Waals surface area contributed by atoms with Gasteiger partial charge in [0.1, 0.15) is 5.82 Å². The van der Waals surface area contributed by atoms with Crippen LogP contribution in [-0.2, 0) is 0 Å². The predicted octanol–water partition coefficient (Wildman–Crippen LogP) is 0.441. The van der Waals surface area contributed by atoms with Gasteiger partial charge < -0.3 is 16.0 Å². The van der Waals surface area contributed by atoms with Gasteiger partial charge in [0.05, 0.1) is 11.6 Å². The van der Waals surface area contributed by atoms with Gasteiger partial charge in [0.2, 0.25) is 5.95 Å². The first-order valence-electron chi connectivity index (χ1n) is 6.14. The van der Waals surface area contributed by atoms with Gasteiger partial charge in [-0.2, -0.15) is 15.1 Å². The molecule has 4 N–H and O–H groups in total. The topological polar surface area (TPSA) is 95.7 Å². The van der Waals surface area contributed by atoms with E-state index in [1.165, 1.54) is 0 Å². The summed E-state index contributed by atoms with van der Waals surface area (Å²) in [6.45, 7) is 2.21. The fraction of sp³-hybridized carbons (Fsp3) is 0.545. The fourth-order valence-corrected chi connectivity index (χ4v) is 2.31. The van der Waals surface area contributed by atoms with Gasteiger partial charge in [0, 0.05) is 6.04 Å². The third-order valence-corrected chi connectivity index (χ3v) is 3.39. The molecule has 0 unspecified atom stereocenters. The molecule has 0 bridgehead atoms. The second kappa shape index (κ2) is 4.41. The van der Waals surface area contributed by atoms with Crippen molar-refractivity contribution >= 4 is 22.8 Å². The van der Waals surface area contributed by atoms with Crippen molar-refractivity contribution in [2.45, 2.75) is 18.9 Å². The standard InChI is InChI=1S/C11H17N7/c1-18-4-2-7(3-5-18)14-9-8-6-13-17-10(8)16-11(12)15-9/h6-7H,2-5H2,1H3,(H4,12,13,14,15,16,17). The van der Waals surface area contributed by atoms with Crippen LogP contribution in [0.5, 0.6) is 0 Å². The van der Waals surface area contributed by atoms with E-state index in [-0.39, 0.29) is 5.95 Å². The molecule has 1 aliphatic rings. The summed E-state index contributed by atoms with van der Waals surface area (Å²) >= 11 is 0.